The van der Waals surface area contributed by atoms with Crippen molar-refractivity contribution in [1.82, 2.24) is 15.5 Å². The van der Waals surface area contributed by atoms with Crippen LogP contribution in [-0.4, -0.2) is 27.9 Å². The van der Waals surface area contributed by atoms with Crippen molar-refractivity contribution >= 4 is 11.6 Å². The molecular formula is C13H16ClN3O2. The van der Waals surface area contributed by atoms with E-state index < -0.39 is 0 Å². The molecule has 102 valence electrons. The Morgan fingerprint density at radius 2 is 2.16 bits per heavy atom. The minimum atomic E-state index is 0.112. The minimum absolute atomic E-state index is 0.112. The fourth-order valence-corrected chi connectivity index (χ4v) is 1.81. The first-order valence-electron chi connectivity index (χ1n) is 6.11. The van der Waals surface area contributed by atoms with Gasteiger partial charge in [-0.15, -0.1) is 10.2 Å². The summed E-state index contributed by atoms with van der Waals surface area (Å²) in [6.45, 7) is 4.92. The fourth-order valence-electron chi connectivity index (χ4n) is 1.61. The third-order valence-corrected chi connectivity index (χ3v) is 2.87. The van der Waals surface area contributed by atoms with Crippen molar-refractivity contribution in [1.29, 1.82) is 0 Å². The van der Waals surface area contributed by atoms with E-state index in [0.29, 0.717) is 34.8 Å². The molecule has 0 saturated heterocycles. The Bertz CT molecular complexity index is 555. The van der Waals surface area contributed by atoms with Gasteiger partial charge in [0.15, 0.2) is 0 Å². The summed E-state index contributed by atoms with van der Waals surface area (Å²) in [5, 5.41) is 21.1. The van der Waals surface area contributed by atoms with Gasteiger partial charge < -0.3 is 14.8 Å². The second-order valence-electron chi connectivity index (χ2n) is 4.52. The lowest BCUT2D eigenvalue weighted by Gasteiger charge is -2.04. The molecule has 0 saturated carbocycles. The Balaban J connectivity index is 2.10. The molecule has 1 aromatic carbocycles. The van der Waals surface area contributed by atoms with E-state index in [-0.39, 0.29) is 5.75 Å². The van der Waals surface area contributed by atoms with Crippen molar-refractivity contribution in [3.05, 3.63) is 29.1 Å². The van der Waals surface area contributed by atoms with Crippen LogP contribution in [0.1, 0.15) is 19.7 Å². The molecule has 0 aliphatic carbocycles. The van der Waals surface area contributed by atoms with Crippen molar-refractivity contribution in [2.45, 2.75) is 26.3 Å². The van der Waals surface area contributed by atoms with E-state index in [1.807, 2.05) is 0 Å². The van der Waals surface area contributed by atoms with Crippen LogP contribution >= 0.6 is 11.6 Å². The van der Waals surface area contributed by atoms with Crippen LogP contribution in [0.5, 0.6) is 5.75 Å². The number of halogens is 1. The molecule has 1 aromatic heterocycles. The summed E-state index contributed by atoms with van der Waals surface area (Å²) in [5.74, 6) is 0.976. The SMILES string of the molecule is CC(C)NCCc1nnc(-c2cc(O)ccc2Cl)o1. The van der Waals surface area contributed by atoms with Gasteiger partial charge in [-0.25, -0.2) is 0 Å². The lowest BCUT2D eigenvalue weighted by Crippen LogP contribution is -2.25. The van der Waals surface area contributed by atoms with E-state index in [1.54, 1.807) is 6.07 Å². The van der Waals surface area contributed by atoms with Gasteiger partial charge >= 0.3 is 0 Å². The molecule has 0 bridgehead atoms. The fraction of sp³-hybridized carbons (Fsp3) is 0.385. The smallest absolute Gasteiger partial charge is 0.249 e. The van der Waals surface area contributed by atoms with Crippen LogP contribution < -0.4 is 5.32 Å². The molecule has 0 atom stereocenters. The minimum Gasteiger partial charge on any atom is -0.508 e. The van der Waals surface area contributed by atoms with E-state index in [1.165, 1.54) is 12.1 Å². The average Bonchev–Trinajstić information content (AvgIpc) is 2.80. The van der Waals surface area contributed by atoms with Crippen molar-refractivity contribution in [3.8, 4) is 17.2 Å². The van der Waals surface area contributed by atoms with Gasteiger partial charge in [0.1, 0.15) is 5.75 Å². The van der Waals surface area contributed by atoms with E-state index in [2.05, 4.69) is 29.4 Å². The van der Waals surface area contributed by atoms with Crippen LogP contribution in [0.3, 0.4) is 0 Å². The number of benzene rings is 1. The second kappa shape index (κ2) is 6.04. The molecule has 0 unspecified atom stereocenters. The highest BCUT2D eigenvalue weighted by atomic mass is 35.5. The largest absolute Gasteiger partial charge is 0.508 e. The summed E-state index contributed by atoms with van der Waals surface area (Å²) in [6.07, 6.45) is 0.654. The third kappa shape index (κ3) is 3.68. The number of phenols is 1. The zero-order chi connectivity index (χ0) is 13.8. The molecule has 6 heteroatoms. The second-order valence-corrected chi connectivity index (χ2v) is 4.93. The van der Waals surface area contributed by atoms with Gasteiger partial charge in [0.05, 0.1) is 10.6 Å². The number of rotatable bonds is 5. The number of hydrogen-bond acceptors (Lipinski definition) is 5. The number of nitrogens with zero attached hydrogens (tertiary/aromatic N) is 2. The average molecular weight is 282 g/mol. The van der Waals surface area contributed by atoms with Crippen LogP contribution in [0.2, 0.25) is 5.02 Å². The molecule has 19 heavy (non-hydrogen) atoms. The van der Waals surface area contributed by atoms with Crippen molar-refractivity contribution in [2.24, 2.45) is 0 Å². The van der Waals surface area contributed by atoms with Gasteiger partial charge in [0.2, 0.25) is 11.8 Å². The molecule has 5 nitrogen and oxygen atoms in total. The van der Waals surface area contributed by atoms with Gasteiger partial charge in [0.25, 0.3) is 0 Å². The van der Waals surface area contributed by atoms with E-state index >= 15 is 0 Å². The lowest BCUT2D eigenvalue weighted by atomic mass is 10.2. The summed E-state index contributed by atoms with van der Waals surface area (Å²) in [5.41, 5.74) is 0.539. The number of aromatic nitrogens is 2. The molecule has 0 fully saturated rings. The standard InChI is InChI=1S/C13H16ClN3O2/c1-8(2)15-6-5-12-16-17-13(19-12)10-7-9(18)3-4-11(10)14/h3-4,7-8,15,18H,5-6H2,1-2H3. The molecule has 2 rings (SSSR count). The summed E-state index contributed by atoms with van der Waals surface area (Å²) in [4.78, 5) is 0. The van der Waals surface area contributed by atoms with E-state index in [0.717, 1.165) is 6.54 Å². The lowest BCUT2D eigenvalue weighted by molar-refractivity contribution is 0.472. The van der Waals surface area contributed by atoms with Gasteiger partial charge in [-0.05, 0) is 18.2 Å². The van der Waals surface area contributed by atoms with Crippen molar-refractivity contribution in [2.75, 3.05) is 6.54 Å². The molecule has 0 spiro atoms. The molecule has 0 aliphatic heterocycles. The number of aromatic hydroxyl groups is 1. The van der Waals surface area contributed by atoms with Crippen LogP contribution in [0.4, 0.5) is 0 Å². The van der Waals surface area contributed by atoms with Crippen LogP contribution in [0.25, 0.3) is 11.5 Å². The summed E-state index contributed by atoms with van der Waals surface area (Å²) < 4.78 is 5.53. The van der Waals surface area contributed by atoms with Crippen LogP contribution in [0, 0.1) is 0 Å². The zero-order valence-electron chi connectivity index (χ0n) is 10.9. The molecule has 0 amide bonds. The van der Waals surface area contributed by atoms with Crippen molar-refractivity contribution in [3.63, 3.8) is 0 Å². The van der Waals surface area contributed by atoms with E-state index in [4.69, 9.17) is 16.0 Å². The highest BCUT2D eigenvalue weighted by Gasteiger charge is 2.12. The van der Waals surface area contributed by atoms with Gasteiger partial charge in [0, 0.05) is 19.0 Å². The van der Waals surface area contributed by atoms with Gasteiger partial charge in [-0.1, -0.05) is 25.4 Å². The Kier molecular flexibility index (Phi) is 4.39. The summed E-state index contributed by atoms with van der Waals surface area (Å²) >= 11 is 6.03. The van der Waals surface area contributed by atoms with Gasteiger partial charge in [-0.2, -0.15) is 0 Å². The maximum Gasteiger partial charge on any atom is 0.249 e. The zero-order valence-corrected chi connectivity index (χ0v) is 11.6. The van der Waals surface area contributed by atoms with Crippen LogP contribution in [-0.2, 0) is 6.42 Å². The quantitative estimate of drug-likeness (QED) is 0.881. The maximum absolute atomic E-state index is 9.45. The normalized spacial score (nSPS) is 11.2. The summed E-state index contributed by atoms with van der Waals surface area (Å²) in [7, 11) is 0. The molecular weight excluding hydrogens is 266 g/mol. The first-order chi connectivity index (χ1) is 9.06. The van der Waals surface area contributed by atoms with E-state index in [9.17, 15) is 5.11 Å². The first kappa shape index (κ1) is 13.8. The number of hydrogen-bond donors (Lipinski definition) is 2. The highest BCUT2D eigenvalue weighted by Crippen LogP contribution is 2.30. The highest BCUT2D eigenvalue weighted by molar-refractivity contribution is 6.33. The Hall–Kier alpha value is -1.59. The summed E-state index contributed by atoms with van der Waals surface area (Å²) in [6, 6.07) is 5.03. The first-order valence-corrected chi connectivity index (χ1v) is 6.48. The monoisotopic (exact) mass is 281 g/mol. The number of nitrogens with one attached hydrogen (secondary N) is 1. The molecule has 0 aliphatic rings. The molecule has 2 aromatic rings. The predicted molar refractivity (Wildman–Crippen MR) is 73.3 cm³/mol. The molecule has 0 radical (unpaired) electrons. The van der Waals surface area contributed by atoms with Gasteiger partial charge in [-0.3, -0.25) is 0 Å². The molecule has 1 heterocycles. The Morgan fingerprint density at radius 3 is 2.89 bits per heavy atom. The Morgan fingerprint density at radius 1 is 1.37 bits per heavy atom. The topological polar surface area (TPSA) is 71.2 Å². The Labute approximate surface area is 116 Å². The predicted octanol–water partition coefficient (Wildman–Crippen LogP) is 2.64. The third-order valence-electron chi connectivity index (χ3n) is 2.54. The maximum atomic E-state index is 9.45. The van der Waals surface area contributed by atoms with Crippen LogP contribution in [0.15, 0.2) is 22.6 Å². The van der Waals surface area contributed by atoms with Crippen molar-refractivity contribution < 1.29 is 9.52 Å². The molecule has 2 N–H and O–H groups in total. The number of phenolic OH excluding ortho intramolecular Hbond substituents is 1.